The molecule has 0 saturated heterocycles. The van der Waals surface area contributed by atoms with Crippen molar-refractivity contribution in [3.05, 3.63) is 42.7 Å². The Morgan fingerprint density at radius 2 is 2.10 bits per heavy atom. The molecule has 0 bridgehead atoms. The molecular formula is C23H27BrClNO4S. The first kappa shape index (κ1) is 24.1. The van der Waals surface area contributed by atoms with Crippen LogP contribution in [0.3, 0.4) is 0 Å². The van der Waals surface area contributed by atoms with Crippen LogP contribution in [-0.2, 0) is 22.4 Å². The minimum absolute atomic E-state index is 0.136. The van der Waals surface area contributed by atoms with Gasteiger partial charge in [0.1, 0.15) is 10.8 Å². The minimum atomic E-state index is -0.385. The van der Waals surface area contributed by atoms with Gasteiger partial charge in [-0.1, -0.05) is 18.5 Å². The van der Waals surface area contributed by atoms with Gasteiger partial charge in [0.25, 0.3) is 0 Å². The van der Waals surface area contributed by atoms with E-state index in [4.69, 9.17) is 21.1 Å². The van der Waals surface area contributed by atoms with Crippen LogP contribution in [0.15, 0.2) is 10.5 Å². The van der Waals surface area contributed by atoms with Crippen LogP contribution in [-0.4, -0.2) is 25.6 Å². The van der Waals surface area contributed by atoms with Crippen molar-refractivity contribution in [2.45, 2.75) is 52.9 Å². The van der Waals surface area contributed by atoms with Crippen LogP contribution in [0.2, 0.25) is 5.02 Å². The summed E-state index contributed by atoms with van der Waals surface area (Å²) in [4.78, 5) is 26.1. The maximum absolute atomic E-state index is 12.5. The average molecular weight is 529 g/mol. The van der Waals surface area contributed by atoms with Crippen molar-refractivity contribution in [1.29, 1.82) is 0 Å². The minimum Gasteiger partial charge on any atom is -0.492 e. The molecule has 2 aromatic rings. The van der Waals surface area contributed by atoms with E-state index in [1.807, 2.05) is 19.9 Å². The summed E-state index contributed by atoms with van der Waals surface area (Å²) in [6.07, 6.45) is 3.66. The molecule has 0 radical (unpaired) electrons. The first-order chi connectivity index (χ1) is 14.7. The molecule has 1 aliphatic rings. The van der Waals surface area contributed by atoms with E-state index >= 15 is 0 Å². The number of anilines is 1. The Kier molecular flexibility index (Phi) is 8.05. The van der Waals surface area contributed by atoms with Gasteiger partial charge in [0.15, 0.2) is 0 Å². The molecule has 1 unspecified atom stereocenters. The first-order valence-electron chi connectivity index (χ1n) is 10.3. The number of nitrogens with one attached hydrogen (secondary N) is 1. The Morgan fingerprint density at radius 3 is 2.81 bits per heavy atom. The molecule has 8 heteroatoms. The summed E-state index contributed by atoms with van der Waals surface area (Å²) in [7, 11) is 1.37. The Bertz CT molecular complexity index is 1000. The zero-order valence-electron chi connectivity index (χ0n) is 18.2. The number of benzene rings is 1. The Hall–Kier alpha value is -1.57. The van der Waals surface area contributed by atoms with Crippen molar-refractivity contribution in [2.24, 2.45) is 5.92 Å². The van der Waals surface area contributed by atoms with Gasteiger partial charge < -0.3 is 14.8 Å². The van der Waals surface area contributed by atoms with Crippen molar-refractivity contribution in [3.8, 4) is 5.75 Å². The highest BCUT2D eigenvalue weighted by molar-refractivity contribution is 9.10. The number of ether oxygens (including phenoxy) is 2. The summed E-state index contributed by atoms with van der Waals surface area (Å²) >= 11 is 11.3. The average Bonchev–Trinajstić information content (AvgIpc) is 3.09. The molecule has 168 valence electrons. The molecule has 1 atom stereocenters. The normalized spacial score (nSPS) is 15.4. The van der Waals surface area contributed by atoms with Crippen LogP contribution >= 0.6 is 38.9 Å². The summed E-state index contributed by atoms with van der Waals surface area (Å²) in [5.41, 5.74) is 3.43. The maximum Gasteiger partial charge on any atom is 0.341 e. The van der Waals surface area contributed by atoms with Crippen LogP contribution in [0.4, 0.5) is 5.00 Å². The number of fused-ring (bicyclic) bond motifs is 1. The number of halogens is 2. The highest BCUT2D eigenvalue weighted by atomic mass is 79.9. The zero-order chi connectivity index (χ0) is 22.7. The number of thiophene rings is 1. The van der Waals surface area contributed by atoms with E-state index in [-0.39, 0.29) is 11.9 Å². The van der Waals surface area contributed by atoms with Gasteiger partial charge in [-0.25, -0.2) is 4.79 Å². The lowest BCUT2D eigenvalue weighted by Crippen LogP contribution is -2.16. The van der Waals surface area contributed by atoms with Crippen molar-refractivity contribution in [2.75, 3.05) is 19.0 Å². The summed E-state index contributed by atoms with van der Waals surface area (Å²) < 4.78 is 11.7. The molecule has 1 aromatic heterocycles. The van der Waals surface area contributed by atoms with Crippen LogP contribution in [0.5, 0.6) is 5.75 Å². The summed E-state index contributed by atoms with van der Waals surface area (Å²) in [5.74, 6) is 0.775. The molecule has 1 N–H and O–H groups in total. The summed E-state index contributed by atoms with van der Waals surface area (Å²) in [6, 6.07) is 1.89. The van der Waals surface area contributed by atoms with Crippen molar-refractivity contribution in [1.82, 2.24) is 0 Å². The van der Waals surface area contributed by atoms with Gasteiger partial charge in [-0.15, -0.1) is 11.3 Å². The van der Waals surface area contributed by atoms with Crippen LogP contribution < -0.4 is 10.1 Å². The van der Waals surface area contributed by atoms with Gasteiger partial charge in [0.05, 0.1) is 23.8 Å². The van der Waals surface area contributed by atoms with E-state index in [9.17, 15) is 9.59 Å². The molecule has 1 aliphatic carbocycles. The SMILES string of the molecule is COC(=O)c1c(NC(=O)CCCOc2cc(C)c(Cl)c(C)c2Br)sc2c1CCC(C)C2. The third kappa shape index (κ3) is 5.44. The van der Waals surface area contributed by atoms with Crippen LogP contribution in [0.25, 0.3) is 0 Å². The topological polar surface area (TPSA) is 64.6 Å². The third-order valence-corrected chi connectivity index (χ3v) is 8.27. The second-order valence-corrected chi connectivity index (χ2v) is 10.3. The fourth-order valence-electron chi connectivity index (χ4n) is 3.77. The number of amides is 1. The number of carbonyl (C=O) groups excluding carboxylic acids is 2. The van der Waals surface area contributed by atoms with Gasteiger partial charge in [-0.3, -0.25) is 4.79 Å². The lowest BCUT2D eigenvalue weighted by Gasteiger charge is -2.18. The number of aryl methyl sites for hydroxylation is 1. The third-order valence-electron chi connectivity index (χ3n) is 5.53. The number of esters is 1. The number of rotatable bonds is 7. The lowest BCUT2D eigenvalue weighted by molar-refractivity contribution is -0.116. The van der Waals surface area contributed by atoms with Gasteiger partial charge in [-0.2, -0.15) is 0 Å². The smallest absolute Gasteiger partial charge is 0.341 e. The van der Waals surface area contributed by atoms with Crippen molar-refractivity contribution in [3.63, 3.8) is 0 Å². The molecule has 31 heavy (non-hydrogen) atoms. The number of hydrogen-bond donors (Lipinski definition) is 1. The molecule has 1 amide bonds. The fraction of sp³-hybridized carbons (Fsp3) is 0.478. The van der Waals surface area contributed by atoms with Crippen molar-refractivity contribution >= 4 is 55.7 Å². The monoisotopic (exact) mass is 527 g/mol. The molecule has 5 nitrogen and oxygen atoms in total. The Balaban J connectivity index is 1.60. The number of hydrogen-bond acceptors (Lipinski definition) is 5. The molecule has 0 spiro atoms. The van der Waals surface area contributed by atoms with E-state index in [0.29, 0.717) is 46.7 Å². The predicted octanol–water partition coefficient (Wildman–Crippen LogP) is 6.49. The molecular weight excluding hydrogens is 502 g/mol. The van der Waals surface area contributed by atoms with E-state index in [1.165, 1.54) is 23.3 Å². The first-order valence-corrected chi connectivity index (χ1v) is 12.3. The fourth-order valence-corrected chi connectivity index (χ4v) is 5.87. The number of methoxy groups -OCH3 is 1. The van der Waals surface area contributed by atoms with E-state index in [0.717, 1.165) is 40.4 Å². The number of carbonyl (C=O) groups is 2. The van der Waals surface area contributed by atoms with Gasteiger partial charge in [-0.05, 0) is 84.1 Å². The van der Waals surface area contributed by atoms with E-state index in [2.05, 4.69) is 28.2 Å². The Labute approximate surface area is 200 Å². The summed E-state index contributed by atoms with van der Waals surface area (Å²) in [5, 5.41) is 4.25. The predicted molar refractivity (Wildman–Crippen MR) is 129 cm³/mol. The lowest BCUT2D eigenvalue weighted by atomic mass is 9.88. The van der Waals surface area contributed by atoms with Gasteiger partial charge >= 0.3 is 5.97 Å². The summed E-state index contributed by atoms with van der Waals surface area (Å²) in [6.45, 7) is 6.47. The van der Waals surface area contributed by atoms with Gasteiger partial charge in [0, 0.05) is 16.3 Å². The molecule has 0 saturated carbocycles. The maximum atomic E-state index is 12.5. The zero-order valence-corrected chi connectivity index (χ0v) is 21.4. The standard InChI is InChI=1S/C23H27BrClNO4S/c1-12-7-8-15-17(10-12)31-22(19(15)23(28)29-4)26-18(27)6-5-9-30-16-11-13(2)21(25)14(3)20(16)24/h11-12H,5-10H2,1-4H3,(H,26,27). The quantitative estimate of drug-likeness (QED) is 0.329. The molecule has 1 aromatic carbocycles. The van der Waals surface area contributed by atoms with E-state index < -0.39 is 0 Å². The van der Waals surface area contributed by atoms with Crippen molar-refractivity contribution < 1.29 is 19.1 Å². The highest BCUT2D eigenvalue weighted by Gasteiger charge is 2.28. The molecule has 1 heterocycles. The van der Waals surface area contributed by atoms with Gasteiger partial charge in [0.2, 0.25) is 5.91 Å². The largest absolute Gasteiger partial charge is 0.492 e. The molecule has 0 aliphatic heterocycles. The van der Waals surface area contributed by atoms with E-state index in [1.54, 1.807) is 0 Å². The van der Waals surface area contributed by atoms with Crippen LogP contribution in [0.1, 0.15) is 58.1 Å². The Morgan fingerprint density at radius 1 is 1.35 bits per heavy atom. The molecule has 0 fully saturated rings. The second kappa shape index (κ2) is 10.4. The van der Waals surface area contributed by atoms with Crippen LogP contribution in [0, 0.1) is 19.8 Å². The molecule has 3 rings (SSSR count). The highest BCUT2D eigenvalue weighted by Crippen LogP contribution is 2.40. The second-order valence-electron chi connectivity index (χ2n) is 7.99.